The van der Waals surface area contributed by atoms with E-state index in [1.165, 1.54) is 0 Å². The van der Waals surface area contributed by atoms with Gasteiger partial charge in [-0.05, 0) is 24.6 Å². The normalized spacial score (nSPS) is 11.9. The molecule has 0 fully saturated rings. The van der Waals surface area contributed by atoms with Crippen molar-refractivity contribution in [1.29, 1.82) is 0 Å². The lowest BCUT2D eigenvalue weighted by atomic mass is 10.0. The summed E-state index contributed by atoms with van der Waals surface area (Å²) in [6.45, 7) is 5.26. The summed E-state index contributed by atoms with van der Waals surface area (Å²) in [5, 5.41) is 10.4. The van der Waals surface area contributed by atoms with Crippen molar-refractivity contribution in [2.45, 2.75) is 13.0 Å². The predicted molar refractivity (Wildman–Crippen MR) is 54.7 cm³/mol. The van der Waals surface area contributed by atoms with Crippen molar-refractivity contribution >= 4 is 11.6 Å². The number of aliphatic hydroxyl groups excluding tert-OH is 1. The standard InChI is InChI=1S/C11H11ClO/c1-3-8(2)11(13)9-4-6-10(12)7-5-9/h4-7,11,13H,1H2,2H3/t11-/m0/s1. The first-order valence-corrected chi connectivity index (χ1v) is 4.33. The Hall–Kier alpha value is -1.01. The van der Waals surface area contributed by atoms with Crippen LogP contribution in [0, 0.1) is 0 Å². The van der Waals surface area contributed by atoms with Crippen LogP contribution in [0.5, 0.6) is 0 Å². The molecule has 0 aliphatic heterocycles. The van der Waals surface area contributed by atoms with Crippen molar-refractivity contribution < 1.29 is 5.11 Å². The zero-order valence-electron chi connectivity index (χ0n) is 7.42. The number of hydrogen-bond acceptors (Lipinski definition) is 1. The van der Waals surface area contributed by atoms with Gasteiger partial charge in [-0.25, -0.2) is 0 Å². The lowest BCUT2D eigenvalue weighted by Crippen LogP contribution is -1.97. The van der Waals surface area contributed by atoms with Gasteiger partial charge in [-0.15, -0.1) is 5.73 Å². The van der Waals surface area contributed by atoms with Crippen LogP contribution < -0.4 is 0 Å². The number of halogens is 1. The Kier molecular flexibility index (Phi) is 3.32. The Morgan fingerprint density at radius 1 is 1.46 bits per heavy atom. The van der Waals surface area contributed by atoms with E-state index in [0.717, 1.165) is 5.56 Å². The van der Waals surface area contributed by atoms with Crippen LogP contribution >= 0.6 is 11.6 Å². The van der Waals surface area contributed by atoms with Gasteiger partial charge in [0.25, 0.3) is 0 Å². The van der Waals surface area contributed by atoms with Crippen molar-refractivity contribution in [2.75, 3.05) is 0 Å². The molecule has 0 bridgehead atoms. The molecule has 1 aromatic carbocycles. The van der Waals surface area contributed by atoms with Gasteiger partial charge >= 0.3 is 0 Å². The largest absolute Gasteiger partial charge is 0.383 e. The second-order valence-corrected chi connectivity index (χ2v) is 3.25. The lowest BCUT2D eigenvalue weighted by molar-refractivity contribution is 0.216. The van der Waals surface area contributed by atoms with Crippen LogP contribution in [0.2, 0.25) is 5.02 Å². The van der Waals surface area contributed by atoms with E-state index in [2.05, 4.69) is 12.3 Å². The zero-order chi connectivity index (χ0) is 9.84. The molecule has 0 radical (unpaired) electrons. The fourth-order valence-electron chi connectivity index (χ4n) is 0.992. The van der Waals surface area contributed by atoms with Crippen LogP contribution in [0.3, 0.4) is 0 Å². The average molecular weight is 195 g/mol. The molecule has 0 aliphatic carbocycles. The molecule has 1 rings (SSSR count). The third-order valence-corrected chi connectivity index (χ3v) is 2.13. The van der Waals surface area contributed by atoms with Gasteiger partial charge in [-0.1, -0.05) is 30.3 Å². The number of rotatable bonds is 2. The second-order valence-electron chi connectivity index (χ2n) is 2.81. The summed E-state index contributed by atoms with van der Waals surface area (Å²) in [4.78, 5) is 0. The number of aliphatic hydroxyl groups is 1. The lowest BCUT2D eigenvalue weighted by Gasteiger charge is -2.09. The molecule has 0 amide bonds. The Morgan fingerprint density at radius 2 is 2.00 bits per heavy atom. The quantitative estimate of drug-likeness (QED) is 0.718. The van der Waals surface area contributed by atoms with Gasteiger partial charge in [0.05, 0.1) is 0 Å². The topological polar surface area (TPSA) is 20.2 Å². The molecule has 0 saturated heterocycles. The maximum atomic E-state index is 9.70. The molecule has 13 heavy (non-hydrogen) atoms. The number of hydrogen-bond donors (Lipinski definition) is 1. The molecule has 0 heterocycles. The molecular weight excluding hydrogens is 184 g/mol. The van der Waals surface area contributed by atoms with E-state index in [-0.39, 0.29) is 0 Å². The minimum absolute atomic E-state index is 0.630. The Labute approximate surface area is 83.0 Å². The highest BCUT2D eigenvalue weighted by molar-refractivity contribution is 6.30. The zero-order valence-corrected chi connectivity index (χ0v) is 8.17. The highest BCUT2D eigenvalue weighted by atomic mass is 35.5. The molecular formula is C11H11ClO. The molecule has 68 valence electrons. The molecule has 0 unspecified atom stereocenters. The van der Waals surface area contributed by atoms with Gasteiger partial charge in [0.2, 0.25) is 0 Å². The van der Waals surface area contributed by atoms with E-state index < -0.39 is 6.10 Å². The fourth-order valence-corrected chi connectivity index (χ4v) is 1.12. The molecule has 2 heteroatoms. The smallest absolute Gasteiger partial charge is 0.107 e. The van der Waals surface area contributed by atoms with E-state index in [1.54, 1.807) is 31.2 Å². The van der Waals surface area contributed by atoms with E-state index in [9.17, 15) is 5.11 Å². The van der Waals surface area contributed by atoms with E-state index in [1.807, 2.05) is 0 Å². The van der Waals surface area contributed by atoms with Gasteiger partial charge < -0.3 is 5.11 Å². The average Bonchev–Trinajstić information content (AvgIpc) is 2.17. The summed E-state index contributed by atoms with van der Waals surface area (Å²) >= 11 is 5.71. The molecule has 0 aromatic heterocycles. The van der Waals surface area contributed by atoms with Crippen LogP contribution in [0.4, 0.5) is 0 Å². The van der Waals surface area contributed by atoms with Crippen molar-refractivity contribution in [1.82, 2.24) is 0 Å². The van der Waals surface area contributed by atoms with E-state index in [0.29, 0.717) is 10.6 Å². The van der Waals surface area contributed by atoms with Crippen LogP contribution in [-0.4, -0.2) is 5.11 Å². The molecule has 1 atom stereocenters. The molecule has 1 nitrogen and oxygen atoms in total. The highest BCUT2D eigenvalue weighted by Gasteiger charge is 2.07. The second kappa shape index (κ2) is 4.29. The van der Waals surface area contributed by atoms with Gasteiger partial charge in [-0.3, -0.25) is 0 Å². The molecule has 1 N–H and O–H groups in total. The summed E-state index contributed by atoms with van der Waals surface area (Å²) < 4.78 is 0. The summed E-state index contributed by atoms with van der Waals surface area (Å²) in [6, 6.07) is 7.06. The monoisotopic (exact) mass is 194 g/mol. The molecule has 0 spiro atoms. The Bertz CT molecular complexity index is 334. The first-order valence-electron chi connectivity index (χ1n) is 3.95. The van der Waals surface area contributed by atoms with Crippen LogP contribution in [0.25, 0.3) is 0 Å². The van der Waals surface area contributed by atoms with Gasteiger partial charge in [0.15, 0.2) is 0 Å². The minimum atomic E-state index is -0.630. The first kappa shape index (κ1) is 10.1. The maximum Gasteiger partial charge on any atom is 0.107 e. The molecule has 0 saturated carbocycles. The predicted octanol–water partition coefficient (Wildman–Crippen LogP) is 3.10. The SMILES string of the molecule is C=C=C(C)[C@H](O)c1ccc(Cl)cc1. The van der Waals surface area contributed by atoms with Crippen molar-refractivity contribution in [2.24, 2.45) is 0 Å². The number of benzene rings is 1. The highest BCUT2D eigenvalue weighted by Crippen LogP contribution is 2.21. The van der Waals surface area contributed by atoms with Crippen molar-refractivity contribution in [3.05, 3.63) is 52.7 Å². The summed E-state index contributed by atoms with van der Waals surface area (Å²) in [5.74, 6) is 0. The maximum absolute atomic E-state index is 9.70. The summed E-state index contributed by atoms with van der Waals surface area (Å²) in [6.07, 6.45) is -0.630. The molecule has 1 aromatic rings. The van der Waals surface area contributed by atoms with Gasteiger partial charge in [0, 0.05) is 10.6 Å². The van der Waals surface area contributed by atoms with Crippen molar-refractivity contribution in [3.8, 4) is 0 Å². The Balaban J connectivity index is 2.96. The third kappa shape index (κ3) is 2.46. The van der Waals surface area contributed by atoms with Crippen LogP contribution in [0.1, 0.15) is 18.6 Å². The van der Waals surface area contributed by atoms with E-state index in [4.69, 9.17) is 11.6 Å². The van der Waals surface area contributed by atoms with Gasteiger partial charge in [0.1, 0.15) is 6.10 Å². The van der Waals surface area contributed by atoms with E-state index >= 15 is 0 Å². The summed E-state index contributed by atoms with van der Waals surface area (Å²) in [5.41, 5.74) is 4.18. The van der Waals surface area contributed by atoms with Gasteiger partial charge in [-0.2, -0.15) is 0 Å². The molecule has 0 aliphatic rings. The fraction of sp³-hybridized carbons (Fsp3) is 0.182. The van der Waals surface area contributed by atoms with Crippen LogP contribution in [-0.2, 0) is 0 Å². The minimum Gasteiger partial charge on any atom is -0.383 e. The Morgan fingerprint density at radius 3 is 2.46 bits per heavy atom. The van der Waals surface area contributed by atoms with Crippen molar-refractivity contribution in [3.63, 3.8) is 0 Å². The van der Waals surface area contributed by atoms with Crippen LogP contribution in [0.15, 0.2) is 42.1 Å². The third-order valence-electron chi connectivity index (χ3n) is 1.87. The summed E-state index contributed by atoms with van der Waals surface area (Å²) in [7, 11) is 0. The first-order chi connectivity index (χ1) is 6.15.